The second kappa shape index (κ2) is 41.0. The molecule has 4 N–H and O–H groups in total. The molecule has 1 aliphatic rings. The van der Waals surface area contributed by atoms with Crippen molar-refractivity contribution in [2.45, 2.75) is 166 Å². The Morgan fingerprint density at radius 2 is 0.967 bits per heavy atom. The molecule has 0 spiro atoms. The number of aliphatic hydroxyl groups excluding tert-OH is 4. The summed E-state index contributed by atoms with van der Waals surface area (Å²) in [5.74, 6) is -0.373. The Labute approximate surface area is 363 Å². The first-order chi connectivity index (χ1) is 29.4. The maximum absolute atomic E-state index is 12.8. The van der Waals surface area contributed by atoms with E-state index in [4.69, 9.17) is 18.9 Å². The fraction of sp³-hybridized carbons (Fsp3) is 0.588. The summed E-state index contributed by atoms with van der Waals surface area (Å²) in [4.78, 5) is 12.8. The molecule has 9 nitrogen and oxygen atoms in total. The summed E-state index contributed by atoms with van der Waals surface area (Å²) in [5, 5.41) is 40.1. The molecule has 6 unspecified atom stereocenters. The van der Waals surface area contributed by atoms with Crippen LogP contribution in [0.1, 0.15) is 129 Å². The number of hydrogen-bond donors (Lipinski definition) is 4. The zero-order chi connectivity index (χ0) is 43.6. The number of hydrogen-bond acceptors (Lipinski definition) is 9. The van der Waals surface area contributed by atoms with Gasteiger partial charge in [0.1, 0.15) is 30.5 Å². The van der Waals surface area contributed by atoms with Crippen LogP contribution in [0.2, 0.25) is 0 Å². The molecule has 60 heavy (non-hydrogen) atoms. The molecule has 0 saturated carbocycles. The van der Waals surface area contributed by atoms with Crippen molar-refractivity contribution in [1.29, 1.82) is 0 Å². The monoisotopic (exact) mass is 837 g/mol. The Morgan fingerprint density at radius 1 is 0.533 bits per heavy atom. The predicted octanol–water partition coefficient (Wildman–Crippen LogP) is 10.4. The van der Waals surface area contributed by atoms with Crippen molar-refractivity contribution >= 4 is 5.97 Å². The maximum Gasteiger partial charge on any atom is 0.306 e. The number of rotatable bonds is 36. The Hall–Kier alpha value is -3.41. The minimum Gasteiger partial charge on any atom is -0.457 e. The Balaban J connectivity index is 2.35. The summed E-state index contributed by atoms with van der Waals surface area (Å²) in [6, 6.07) is 0. The quantitative estimate of drug-likeness (QED) is 0.0276. The lowest BCUT2D eigenvalue weighted by atomic mass is 9.99. The standard InChI is InChI=1S/C51H80O9/c1-3-5-7-9-11-13-15-17-19-21-22-23-24-25-26-28-30-32-34-36-38-40-47(53)59-45(44-58-51-50(56)49(55)48(54)46(42-52)60-51)43-57-41-39-37-35-33-31-29-27-20-18-16-14-12-10-8-6-4-2/h5-8,11-14,17-20,22-23,25-26,29-32,45-46,48-52,54-56H,3-4,9-10,15-16,21,24,27-28,33-44H2,1-2H3/b7-5-,8-6-,13-11-,14-12-,19-17-,20-18-,23-22-,26-25-,31-29-,32-30-. The van der Waals surface area contributed by atoms with E-state index in [0.29, 0.717) is 13.0 Å². The molecule has 0 aromatic rings. The summed E-state index contributed by atoms with van der Waals surface area (Å²) in [5.41, 5.74) is 0. The first kappa shape index (κ1) is 54.6. The largest absolute Gasteiger partial charge is 0.457 e. The summed E-state index contributed by atoms with van der Waals surface area (Å²) in [6.07, 6.45) is 52.3. The molecule has 0 bridgehead atoms. The molecule has 9 heteroatoms. The van der Waals surface area contributed by atoms with Crippen molar-refractivity contribution in [3.63, 3.8) is 0 Å². The van der Waals surface area contributed by atoms with Gasteiger partial charge in [-0.25, -0.2) is 0 Å². The molecule has 338 valence electrons. The zero-order valence-corrected chi connectivity index (χ0v) is 36.9. The molecule has 1 rings (SSSR count). The molecule has 0 radical (unpaired) electrons. The van der Waals surface area contributed by atoms with E-state index in [9.17, 15) is 25.2 Å². The molecule has 0 amide bonds. The van der Waals surface area contributed by atoms with Gasteiger partial charge in [0.25, 0.3) is 0 Å². The first-order valence-corrected chi connectivity index (χ1v) is 22.6. The van der Waals surface area contributed by atoms with Gasteiger partial charge in [-0.2, -0.15) is 0 Å². The minimum absolute atomic E-state index is 0.0958. The van der Waals surface area contributed by atoms with Crippen molar-refractivity contribution in [3.8, 4) is 0 Å². The zero-order valence-electron chi connectivity index (χ0n) is 36.9. The van der Waals surface area contributed by atoms with Crippen LogP contribution in [0, 0.1) is 0 Å². The topological polar surface area (TPSA) is 135 Å². The van der Waals surface area contributed by atoms with E-state index < -0.39 is 43.4 Å². The fourth-order valence-electron chi connectivity index (χ4n) is 5.89. The molecule has 1 aliphatic heterocycles. The van der Waals surface area contributed by atoms with Crippen molar-refractivity contribution < 1.29 is 44.2 Å². The van der Waals surface area contributed by atoms with Gasteiger partial charge in [0.05, 0.1) is 19.8 Å². The number of aliphatic hydroxyl groups is 4. The van der Waals surface area contributed by atoms with E-state index in [0.717, 1.165) is 103 Å². The fourth-order valence-corrected chi connectivity index (χ4v) is 5.89. The van der Waals surface area contributed by atoms with Crippen LogP contribution in [0.4, 0.5) is 0 Å². The Kier molecular flexibility index (Phi) is 37.3. The van der Waals surface area contributed by atoms with Crippen LogP contribution in [0.15, 0.2) is 122 Å². The lowest BCUT2D eigenvalue weighted by molar-refractivity contribution is -0.305. The summed E-state index contributed by atoms with van der Waals surface area (Å²) >= 11 is 0. The Morgan fingerprint density at radius 3 is 1.42 bits per heavy atom. The average molecular weight is 837 g/mol. The summed E-state index contributed by atoms with van der Waals surface area (Å²) in [7, 11) is 0. The molecular formula is C51H80O9. The average Bonchev–Trinajstić information content (AvgIpc) is 3.25. The van der Waals surface area contributed by atoms with Crippen molar-refractivity contribution in [2.75, 3.05) is 26.4 Å². The van der Waals surface area contributed by atoms with Gasteiger partial charge in [0.15, 0.2) is 6.29 Å². The molecule has 1 heterocycles. The van der Waals surface area contributed by atoms with Crippen LogP contribution in [0.25, 0.3) is 0 Å². The van der Waals surface area contributed by atoms with Crippen LogP contribution in [0.5, 0.6) is 0 Å². The number of esters is 1. The lowest BCUT2D eigenvalue weighted by Gasteiger charge is -2.39. The predicted molar refractivity (Wildman–Crippen MR) is 246 cm³/mol. The van der Waals surface area contributed by atoms with Crippen LogP contribution in [-0.4, -0.2) is 89.6 Å². The third kappa shape index (κ3) is 31.5. The van der Waals surface area contributed by atoms with Gasteiger partial charge < -0.3 is 39.4 Å². The van der Waals surface area contributed by atoms with Gasteiger partial charge in [-0.15, -0.1) is 0 Å². The van der Waals surface area contributed by atoms with Gasteiger partial charge >= 0.3 is 5.97 Å². The smallest absolute Gasteiger partial charge is 0.306 e. The highest BCUT2D eigenvalue weighted by atomic mass is 16.7. The molecule has 0 aromatic heterocycles. The normalized spacial score (nSPS) is 21.2. The first-order valence-electron chi connectivity index (χ1n) is 22.6. The van der Waals surface area contributed by atoms with E-state index >= 15 is 0 Å². The lowest BCUT2D eigenvalue weighted by Crippen LogP contribution is -2.59. The van der Waals surface area contributed by atoms with Gasteiger partial charge in [0.2, 0.25) is 0 Å². The van der Waals surface area contributed by atoms with Gasteiger partial charge in [-0.1, -0.05) is 142 Å². The van der Waals surface area contributed by atoms with E-state index in [1.807, 2.05) is 0 Å². The molecule has 1 fully saturated rings. The third-order valence-electron chi connectivity index (χ3n) is 9.37. The van der Waals surface area contributed by atoms with Crippen LogP contribution < -0.4 is 0 Å². The summed E-state index contributed by atoms with van der Waals surface area (Å²) in [6.45, 7) is 4.16. The van der Waals surface area contributed by atoms with Gasteiger partial charge in [0, 0.05) is 13.0 Å². The minimum atomic E-state index is -1.56. The van der Waals surface area contributed by atoms with Gasteiger partial charge in [-0.05, 0) is 103 Å². The van der Waals surface area contributed by atoms with E-state index in [-0.39, 0.29) is 25.6 Å². The van der Waals surface area contributed by atoms with Crippen LogP contribution >= 0.6 is 0 Å². The Bertz CT molecular complexity index is 1320. The van der Waals surface area contributed by atoms with Crippen LogP contribution in [0.3, 0.4) is 0 Å². The highest BCUT2D eigenvalue weighted by molar-refractivity contribution is 5.69. The second-order valence-corrected chi connectivity index (χ2v) is 14.7. The van der Waals surface area contributed by atoms with Crippen molar-refractivity contribution in [3.05, 3.63) is 122 Å². The number of allylic oxidation sites excluding steroid dienone is 20. The number of unbranched alkanes of at least 4 members (excludes halogenated alkanes) is 5. The van der Waals surface area contributed by atoms with Crippen molar-refractivity contribution in [1.82, 2.24) is 0 Å². The highest BCUT2D eigenvalue weighted by Gasteiger charge is 2.44. The number of carbonyl (C=O) groups excluding carboxylic acids is 1. The second-order valence-electron chi connectivity index (χ2n) is 14.7. The molecule has 1 saturated heterocycles. The van der Waals surface area contributed by atoms with Crippen molar-refractivity contribution in [2.24, 2.45) is 0 Å². The number of carbonyl (C=O) groups is 1. The highest BCUT2D eigenvalue weighted by Crippen LogP contribution is 2.22. The van der Waals surface area contributed by atoms with E-state index in [1.54, 1.807) is 0 Å². The number of ether oxygens (including phenoxy) is 4. The van der Waals surface area contributed by atoms with E-state index in [1.165, 1.54) is 0 Å². The third-order valence-corrected chi connectivity index (χ3v) is 9.37. The molecule has 6 atom stereocenters. The molecule has 0 aliphatic carbocycles. The van der Waals surface area contributed by atoms with Crippen LogP contribution in [-0.2, 0) is 23.7 Å². The SMILES string of the molecule is CC/C=C\C/C=C\C/C=C\C/C=C\C/C=C\C/C=C\CCCCC(=O)OC(COCCCCC/C=C\C/C=C\C/C=C\C/C=C\CC)COC1OC(CO)C(O)C(O)C1O. The maximum atomic E-state index is 12.8. The van der Waals surface area contributed by atoms with E-state index in [2.05, 4.69) is 135 Å². The molecule has 0 aromatic carbocycles. The molecular weight excluding hydrogens is 757 g/mol. The summed E-state index contributed by atoms with van der Waals surface area (Å²) < 4.78 is 22.7. The van der Waals surface area contributed by atoms with Gasteiger partial charge in [-0.3, -0.25) is 4.79 Å².